The Hall–Kier alpha value is -3.36. The van der Waals surface area contributed by atoms with E-state index in [1.165, 1.54) is 60.8 Å². The Kier molecular flexibility index (Phi) is 5.90. The highest BCUT2D eigenvalue weighted by atomic mass is 35.5. The number of anilines is 1. The lowest BCUT2D eigenvalue weighted by Crippen LogP contribution is -2.29. The number of ether oxygens (including phenoxy) is 2. The number of carbonyl (C=O) groups excluding carboxylic acids is 2. The molecule has 1 aliphatic rings. The van der Waals surface area contributed by atoms with Crippen molar-refractivity contribution in [2.45, 2.75) is 6.04 Å². The monoisotopic (exact) mass is 473 g/mol. The van der Waals surface area contributed by atoms with Gasteiger partial charge in [0.25, 0.3) is 11.7 Å². The maximum atomic E-state index is 13.9. The van der Waals surface area contributed by atoms with Gasteiger partial charge in [0.1, 0.15) is 29.1 Å². The predicted octanol–water partition coefficient (Wildman–Crippen LogP) is 5.18. The number of aliphatic hydroxyl groups is 1. The van der Waals surface area contributed by atoms with Crippen LogP contribution >= 0.6 is 22.9 Å². The third-order valence-electron chi connectivity index (χ3n) is 5.07. The molecule has 1 unspecified atom stereocenters. The topological polar surface area (TPSA) is 76.1 Å². The van der Waals surface area contributed by atoms with Gasteiger partial charge >= 0.3 is 0 Å². The highest BCUT2D eigenvalue weighted by Crippen LogP contribution is 2.45. The third kappa shape index (κ3) is 3.61. The fourth-order valence-electron chi connectivity index (χ4n) is 3.63. The van der Waals surface area contributed by atoms with E-state index in [9.17, 15) is 19.1 Å². The van der Waals surface area contributed by atoms with Crippen molar-refractivity contribution in [3.63, 3.8) is 0 Å². The Bertz CT molecular complexity index is 1240. The summed E-state index contributed by atoms with van der Waals surface area (Å²) in [4.78, 5) is 28.0. The van der Waals surface area contributed by atoms with E-state index in [-0.39, 0.29) is 33.3 Å². The number of nitrogens with zero attached hydrogens (tertiary/aromatic N) is 1. The molecule has 1 saturated heterocycles. The minimum atomic E-state index is -0.955. The number of carbonyl (C=O) groups is 2. The summed E-state index contributed by atoms with van der Waals surface area (Å²) in [6.45, 7) is 0. The molecule has 0 saturated carbocycles. The van der Waals surface area contributed by atoms with Gasteiger partial charge in [-0.15, -0.1) is 11.3 Å². The summed E-state index contributed by atoms with van der Waals surface area (Å²) in [6.07, 6.45) is 0. The van der Waals surface area contributed by atoms with Gasteiger partial charge in [0, 0.05) is 16.6 Å². The molecule has 3 aromatic rings. The third-order valence-corrected chi connectivity index (χ3v) is 6.29. The fraction of sp³-hybridized carbons (Fsp3) is 0.130. The summed E-state index contributed by atoms with van der Waals surface area (Å²) >= 11 is 7.46. The van der Waals surface area contributed by atoms with Crippen LogP contribution in [0.2, 0.25) is 5.02 Å². The Morgan fingerprint density at radius 1 is 1.09 bits per heavy atom. The van der Waals surface area contributed by atoms with Crippen molar-refractivity contribution in [3.05, 3.63) is 80.8 Å². The van der Waals surface area contributed by atoms with E-state index in [1.54, 1.807) is 17.5 Å². The van der Waals surface area contributed by atoms with Gasteiger partial charge in [-0.3, -0.25) is 14.5 Å². The number of hydrogen-bond acceptors (Lipinski definition) is 6. The van der Waals surface area contributed by atoms with Crippen LogP contribution in [0.1, 0.15) is 16.5 Å². The molecule has 9 heteroatoms. The Labute approximate surface area is 192 Å². The minimum Gasteiger partial charge on any atom is -0.507 e. The minimum absolute atomic E-state index is 0.132. The first kappa shape index (κ1) is 21.9. The van der Waals surface area contributed by atoms with Gasteiger partial charge in [0.2, 0.25) is 0 Å². The van der Waals surface area contributed by atoms with E-state index in [0.717, 1.165) is 6.07 Å². The van der Waals surface area contributed by atoms with Gasteiger partial charge in [-0.1, -0.05) is 23.7 Å². The molecule has 4 rings (SSSR count). The molecule has 1 aliphatic heterocycles. The predicted molar refractivity (Wildman–Crippen MR) is 120 cm³/mol. The first-order valence-electron chi connectivity index (χ1n) is 9.39. The second-order valence-corrected chi connectivity index (χ2v) is 8.24. The normalized spacial score (nSPS) is 17.6. The van der Waals surface area contributed by atoms with Crippen LogP contribution in [0.4, 0.5) is 10.1 Å². The van der Waals surface area contributed by atoms with Gasteiger partial charge in [0.15, 0.2) is 0 Å². The Morgan fingerprint density at radius 3 is 2.47 bits per heavy atom. The van der Waals surface area contributed by atoms with Crippen molar-refractivity contribution in [1.82, 2.24) is 0 Å². The lowest BCUT2D eigenvalue weighted by Gasteiger charge is -2.24. The number of benzene rings is 2. The second-order valence-electron chi connectivity index (χ2n) is 6.85. The molecule has 6 nitrogen and oxygen atoms in total. The van der Waals surface area contributed by atoms with Crippen molar-refractivity contribution in [2.75, 3.05) is 19.1 Å². The zero-order valence-electron chi connectivity index (χ0n) is 17.0. The van der Waals surface area contributed by atoms with Crippen LogP contribution in [0.25, 0.3) is 5.76 Å². The van der Waals surface area contributed by atoms with Gasteiger partial charge in [-0.25, -0.2) is 4.39 Å². The standard InChI is InChI=1S/C23H17ClFNO5S/c1-30-16-11-15(24)17(31-2)10-14(16)21(27)19-20(18-7-4-8-32-18)26(23(29)22(19)28)13-6-3-5-12(25)9-13/h3-11,20,27H,1-2H3/b21-19+. The van der Waals surface area contributed by atoms with Crippen molar-refractivity contribution in [3.8, 4) is 11.5 Å². The average molecular weight is 474 g/mol. The molecule has 1 amide bonds. The van der Waals surface area contributed by atoms with Crippen LogP contribution in [0.3, 0.4) is 0 Å². The number of hydrogen-bond donors (Lipinski definition) is 1. The number of aliphatic hydroxyl groups excluding tert-OH is 1. The van der Waals surface area contributed by atoms with Crippen LogP contribution in [-0.2, 0) is 9.59 Å². The van der Waals surface area contributed by atoms with Crippen LogP contribution in [-0.4, -0.2) is 31.0 Å². The number of methoxy groups -OCH3 is 2. The molecular formula is C23H17ClFNO5S. The SMILES string of the molecule is COc1cc(/C(O)=C2\C(=O)C(=O)N(c3cccc(F)c3)C2c2cccs2)c(OC)cc1Cl. The second kappa shape index (κ2) is 8.64. The highest BCUT2D eigenvalue weighted by molar-refractivity contribution is 7.10. The molecule has 1 aromatic heterocycles. The van der Waals surface area contributed by atoms with Crippen LogP contribution < -0.4 is 14.4 Å². The summed E-state index contributed by atoms with van der Waals surface area (Å²) in [5.74, 6) is -2.35. The molecule has 164 valence electrons. The van der Waals surface area contributed by atoms with Crippen LogP contribution in [0.15, 0.2) is 59.5 Å². The summed E-state index contributed by atoms with van der Waals surface area (Å²) in [6, 6.07) is 10.8. The zero-order valence-corrected chi connectivity index (χ0v) is 18.5. The Morgan fingerprint density at radius 2 is 1.84 bits per heavy atom. The van der Waals surface area contributed by atoms with Gasteiger partial charge < -0.3 is 14.6 Å². The molecule has 1 atom stereocenters. The van der Waals surface area contributed by atoms with E-state index in [4.69, 9.17) is 21.1 Å². The molecule has 0 aliphatic carbocycles. The van der Waals surface area contributed by atoms with Crippen molar-refractivity contribution < 1.29 is 28.6 Å². The summed E-state index contributed by atoms with van der Waals surface area (Å²) in [7, 11) is 2.79. The van der Waals surface area contributed by atoms with Crippen molar-refractivity contribution in [1.29, 1.82) is 0 Å². The fourth-order valence-corrected chi connectivity index (χ4v) is 4.69. The number of ketones is 1. The number of halogens is 2. The number of rotatable bonds is 5. The first-order chi connectivity index (χ1) is 15.4. The maximum Gasteiger partial charge on any atom is 0.300 e. The van der Waals surface area contributed by atoms with E-state index in [2.05, 4.69) is 0 Å². The Balaban J connectivity index is 1.98. The maximum absolute atomic E-state index is 13.9. The summed E-state index contributed by atoms with van der Waals surface area (Å²) in [5, 5.41) is 13.3. The molecule has 0 bridgehead atoms. The van der Waals surface area contributed by atoms with Gasteiger partial charge in [-0.05, 0) is 35.7 Å². The van der Waals surface area contributed by atoms with Gasteiger partial charge in [0.05, 0.1) is 30.4 Å². The number of thiophene rings is 1. The van der Waals surface area contributed by atoms with E-state index in [0.29, 0.717) is 4.88 Å². The molecule has 0 spiro atoms. The van der Waals surface area contributed by atoms with Crippen LogP contribution in [0.5, 0.6) is 11.5 Å². The lowest BCUT2D eigenvalue weighted by atomic mass is 9.99. The first-order valence-corrected chi connectivity index (χ1v) is 10.6. The van der Waals surface area contributed by atoms with Crippen molar-refractivity contribution >= 4 is 46.1 Å². The van der Waals surface area contributed by atoms with Crippen molar-refractivity contribution in [2.24, 2.45) is 0 Å². The molecule has 2 heterocycles. The molecule has 0 radical (unpaired) electrons. The number of Topliss-reactive ketones (excluding diaryl/α,β-unsaturated/α-hetero) is 1. The van der Waals surface area contributed by atoms with E-state index < -0.39 is 29.3 Å². The zero-order chi connectivity index (χ0) is 23.0. The smallest absolute Gasteiger partial charge is 0.300 e. The summed E-state index contributed by atoms with van der Waals surface area (Å²) in [5.41, 5.74) is 0.183. The lowest BCUT2D eigenvalue weighted by molar-refractivity contribution is -0.132. The van der Waals surface area contributed by atoms with Crippen LogP contribution in [0, 0.1) is 5.82 Å². The van der Waals surface area contributed by atoms with E-state index in [1.807, 2.05) is 0 Å². The molecular weight excluding hydrogens is 457 g/mol. The quantitative estimate of drug-likeness (QED) is 0.314. The molecule has 1 fully saturated rings. The average Bonchev–Trinajstić information content (AvgIpc) is 3.40. The largest absolute Gasteiger partial charge is 0.507 e. The number of amides is 1. The molecule has 1 N–H and O–H groups in total. The van der Waals surface area contributed by atoms with E-state index >= 15 is 0 Å². The highest BCUT2D eigenvalue weighted by Gasteiger charge is 2.47. The summed E-state index contributed by atoms with van der Waals surface area (Å²) < 4.78 is 24.5. The van der Waals surface area contributed by atoms with Gasteiger partial charge in [-0.2, -0.15) is 0 Å². The molecule has 32 heavy (non-hydrogen) atoms. The molecule has 2 aromatic carbocycles.